The Morgan fingerprint density at radius 2 is 2.20 bits per heavy atom. The van der Waals surface area contributed by atoms with Gasteiger partial charge in [0.05, 0.1) is 17.4 Å². The van der Waals surface area contributed by atoms with Crippen LogP contribution in [0.25, 0.3) is 0 Å². The molecule has 0 bridgehead atoms. The summed E-state index contributed by atoms with van der Waals surface area (Å²) < 4.78 is 2.15. The molecule has 4 heterocycles. The lowest BCUT2D eigenvalue weighted by molar-refractivity contribution is -0.127. The number of aryl methyl sites for hydroxylation is 1. The molecule has 25 heavy (non-hydrogen) atoms. The monoisotopic (exact) mass is 339 g/mol. The molecule has 2 aliphatic heterocycles. The minimum absolute atomic E-state index is 0.303. The van der Waals surface area contributed by atoms with E-state index in [9.17, 15) is 4.79 Å². The molecule has 0 aromatic carbocycles. The molecule has 132 valence electrons. The van der Waals surface area contributed by atoms with E-state index in [1.165, 1.54) is 5.69 Å². The van der Waals surface area contributed by atoms with Crippen LogP contribution in [0, 0.1) is 6.92 Å². The number of hydrogen-bond acceptors (Lipinski definition) is 4. The fourth-order valence-corrected chi connectivity index (χ4v) is 3.96. The van der Waals surface area contributed by atoms with Crippen LogP contribution in [-0.2, 0) is 17.9 Å². The number of aromatic nitrogens is 3. The zero-order chi connectivity index (χ0) is 17.2. The van der Waals surface area contributed by atoms with Crippen molar-refractivity contribution in [2.75, 3.05) is 19.6 Å². The molecule has 4 rings (SSSR count). The highest BCUT2D eigenvalue weighted by molar-refractivity contribution is 5.77. The van der Waals surface area contributed by atoms with Crippen molar-refractivity contribution in [2.24, 2.45) is 0 Å². The molecular weight excluding hydrogens is 314 g/mol. The van der Waals surface area contributed by atoms with E-state index < -0.39 is 0 Å². The van der Waals surface area contributed by atoms with Crippen molar-refractivity contribution in [2.45, 2.75) is 45.3 Å². The summed E-state index contributed by atoms with van der Waals surface area (Å²) in [5.41, 5.74) is 3.42. The number of amides is 1. The number of rotatable bonds is 5. The van der Waals surface area contributed by atoms with Crippen molar-refractivity contribution >= 4 is 5.91 Å². The molecule has 1 atom stereocenters. The molecule has 0 radical (unpaired) electrons. The minimum atomic E-state index is 0.303. The summed E-state index contributed by atoms with van der Waals surface area (Å²) in [6.07, 6.45) is 4.56. The molecule has 0 N–H and O–H groups in total. The van der Waals surface area contributed by atoms with Gasteiger partial charge in [0.15, 0.2) is 0 Å². The second kappa shape index (κ2) is 6.96. The lowest BCUT2D eigenvalue weighted by Gasteiger charge is -2.34. The Kier molecular flexibility index (Phi) is 4.53. The van der Waals surface area contributed by atoms with Gasteiger partial charge < -0.3 is 4.90 Å². The van der Waals surface area contributed by atoms with E-state index in [1.807, 2.05) is 24.1 Å². The lowest BCUT2D eigenvalue weighted by atomic mass is 10.1. The van der Waals surface area contributed by atoms with Crippen molar-refractivity contribution in [1.82, 2.24) is 24.6 Å². The smallest absolute Gasteiger partial charge is 0.222 e. The van der Waals surface area contributed by atoms with Crippen molar-refractivity contribution in [3.8, 4) is 0 Å². The van der Waals surface area contributed by atoms with E-state index in [-0.39, 0.29) is 0 Å². The molecular formula is C19H25N5O. The number of carbonyl (C=O) groups is 1. The molecule has 6 heteroatoms. The van der Waals surface area contributed by atoms with Gasteiger partial charge in [0, 0.05) is 51.0 Å². The van der Waals surface area contributed by atoms with Crippen molar-refractivity contribution in [3.05, 3.63) is 47.5 Å². The number of hydrogen-bond donors (Lipinski definition) is 0. The van der Waals surface area contributed by atoms with Crippen LogP contribution < -0.4 is 0 Å². The Balaban J connectivity index is 1.44. The maximum absolute atomic E-state index is 11.9. The van der Waals surface area contributed by atoms with E-state index in [2.05, 4.69) is 37.9 Å². The third kappa shape index (κ3) is 3.58. The first-order chi connectivity index (χ1) is 12.2. The zero-order valence-electron chi connectivity index (χ0n) is 14.8. The predicted molar refractivity (Wildman–Crippen MR) is 94.8 cm³/mol. The highest BCUT2D eigenvalue weighted by Crippen LogP contribution is 2.25. The van der Waals surface area contributed by atoms with Gasteiger partial charge in [-0.05, 0) is 38.0 Å². The molecule has 0 saturated carbocycles. The standard InChI is InChI=1S/C19H25N5O/c1-15-4-2-5-16(21-15)12-22-13-17-7-9-20-24(17)18(14-22)8-11-23-10-3-6-19(23)25/h2,4-5,7,9,18H,3,6,8,10-14H2,1H3/t18-/m1/s1. The summed E-state index contributed by atoms with van der Waals surface area (Å²) in [7, 11) is 0. The SMILES string of the molecule is Cc1cccc(CN2Cc3ccnn3[C@H](CCN3CCCC3=O)C2)n1. The molecule has 2 aliphatic rings. The van der Waals surface area contributed by atoms with E-state index in [4.69, 9.17) is 0 Å². The number of pyridine rings is 1. The first kappa shape index (κ1) is 16.3. The predicted octanol–water partition coefficient (Wildman–Crippen LogP) is 2.16. The molecule has 1 fully saturated rings. The fourth-order valence-electron chi connectivity index (χ4n) is 3.96. The fraction of sp³-hybridized carbons (Fsp3) is 0.526. The largest absolute Gasteiger partial charge is 0.343 e. The Hall–Kier alpha value is -2.21. The number of nitrogens with zero attached hydrogens (tertiary/aromatic N) is 5. The Morgan fingerprint density at radius 3 is 3.00 bits per heavy atom. The maximum Gasteiger partial charge on any atom is 0.222 e. The first-order valence-corrected chi connectivity index (χ1v) is 9.14. The Morgan fingerprint density at radius 1 is 1.28 bits per heavy atom. The van der Waals surface area contributed by atoms with E-state index in [0.29, 0.717) is 18.4 Å². The summed E-state index contributed by atoms with van der Waals surface area (Å²) in [4.78, 5) is 20.9. The summed E-state index contributed by atoms with van der Waals surface area (Å²) in [5, 5.41) is 4.53. The first-order valence-electron chi connectivity index (χ1n) is 9.14. The highest BCUT2D eigenvalue weighted by atomic mass is 16.2. The summed E-state index contributed by atoms with van der Waals surface area (Å²) in [5.74, 6) is 0.303. The van der Waals surface area contributed by atoms with Gasteiger partial charge in [0.1, 0.15) is 0 Å². The third-order valence-corrected chi connectivity index (χ3v) is 5.19. The average Bonchev–Trinajstić information content (AvgIpc) is 3.21. The summed E-state index contributed by atoms with van der Waals surface area (Å²) in [6.45, 7) is 6.48. The van der Waals surface area contributed by atoms with Crippen LogP contribution in [-0.4, -0.2) is 50.1 Å². The van der Waals surface area contributed by atoms with Crippen LogP contribution in [0.15, 0.2) is 30.5 Å². The van der Waals surface area contributed by atoms with Gasteiger partial charge in [-0.3, -0.25) is 19.4 Å². The number of carbonyl (C=O) groups excluding carboxylic acids is 1. The quantitative estimate of drug-likeness (QED) is 0.838. The topological polar surface area (TPSA) is 54.3 Å². The lowest BCUT2D eigenvalue weighted by Crippen LogP contribution is -2.39. The van der Waals surface area contributed by atoms with Gasteiger partial charge >= 0.3 is 0 Å². The minimum Gasteiger partial charge on any atom is -0.343 e. The van der Waals surface area contributed by atoms with Gasteiger partial charge in [-0.25, -0.2) is 0 Å². The Bertz CT molecular complexity index is 756. The van der Waals surface area contributed by atoms with Crippen molar-refractivity contribution in [1.29, 1.82) is 0 Å². The molecule has 2 aromatic heterocycles. The molecule has 6 nitrogen and oxygen atoms in total. The summed E-state index contributed by atoms with van der Waals surface area (Å²) in [6, 6.07) is 8.62. The van der Waals surface area contributed by atoms with Gasteiger partial charge in [-0.1, -0.05) is 6.07 Å². The second-order valence-corrected chi connectivity index (χ2v) is 7.13. The van der Waals surface area contributed by atoms with E-state index in [1.54, 1.807) is 0 Å². The van der Waals surface area contributed by atoms with Gasteiger partial charge in [0.25, 0.3) is 0 Å². The van der Waals surface area contributed by atoms with Crippen LogP contribution in [0.4, 0.5) is 0 Å². The Labute approximate surface area is 148 Å². The zero-order valence-corrected chi connectivity index (χ0v) is 14.8. The van der Waals surface area contributed by atoms with E-state index >= 15 is 0 Å². The van der Waals surface area contributed by atoms with E-state index in [0.717, 1.165) is 57.0 Å². The normalized spacial score (nSPS) is 20.9. The molecule has 0 unspecified atom stereocenters. The average molecular weight is 339 g/mol. The van der Waals surface area contributed by atoms with Gasteiger partial charge in [-0.2, -0.15) is 5.10 Å². The highest BCUT2D eigenvalue weighted by Gasteiger charge is 2.27. The molecule has 0 spiro atoms. The van der Waals surface area contributed by atoms with Crippen LogP contribution >= 0.6 is 0 Å². The van der Waals surface area contributed by atoms with Crippen LogP contribution in [0.1, 0.15) is 42.4 Å². The van der Waals surface area contributed by atoms with Crippen LogP contribution in [0.2, 0.25) is 0 Å². The molecule has 1 saturated heterocycles. The van der Waals surface area contributed by atoms with Crippen molar-refractivity contribution < 1.29 is 4.79 Å². The van der Waals surface area contributed by atoms with Gasteiger partial charge in [-0.15, -0.1) is 0 Å². The number of fused-ring (bicyclic) bond motifs is 1. The van der Waals surface area contributed by atoms with Crippen molar-refractivity contribution in [3.63, 3.8) is 0 Å². The molecule has 1 amide bonds. The van der Waals surface area contributed by atoms with Gasteiger partial charge in [0.2, 0.25) is 5.91 Å². The van der Waals surface area contributed by atoms with Crippen LogP contribution in [0.3, 0.4) is 0 Å². The molecule has 2 aromatic rings. The third-order valence-electron chi connectivity index (χ3n) is 5.19. The maximum atomic E-state index is 11.9. The summed E-state index contributed by atoms with van der Waals surface area (Å²) >= 11 is 0. The van der Waals surface area contributed by atoms with Crippen LogP contribution in [0.5, 0.6) is 0 Å². The second-order valence-electron chi connectivity index (χ2n) is 7.13. The number of likely N-dealkylation sites (tertiary alicyclic amines) is 1. The molecule has 0 aliphatic carbocycles.